The predicted molar refractivity (Wildman–Crippen MR) is 61.5 cm³/mol. The summed E-state index contributed by atoms with van der Waals surface area (Å²) in [7, 11) is 1.32. The molecule has 1 aromatic rings. The SMILES string of the molecule is COC(=O)C=NCCOCc1ccccc1. The van der Waals surface area contributed by atoms with Crippen LogP contribution in [0.5, 0.6) is 0 Å². The Morgan fingerprint density at radius 2 is 2.12 bits per heavy atom. The summed E-state index contributed by atoms with van der Waals surface area (Å²) < 4.78 is 9.77. The first-order valence-electron chi connectivity index (χ1n) is 5.02. The van der Waals surface area contributed by atoms with Crippen LogP contribution in [-0.4, -0.2) is 32.4 Å². The van der Waals surface area contributed by atoms with Gasteiger partial charge in [0.1, 0.15) is 6.21 Å². The van der Waals surface area contributed by atoms with Gasteiger partial charge in [0.25, 0.3) is 0 Å². The van der Waals surface area contributed by atoms with Crippen LogP contribution in [0.4, 0.5) is 0 Å². The molecule has 0 aliphatic rings. The van der Waals surface area contributed by atoms with Crippen molar-refractivity contribution in [2.45, 2.75) is 6.61 Å². The molecule has 86 valence electrons. The van der Waals surface area contributed by atoms with E-state index in [9.17, 15) is 4.79 Å². The minimum atomic E-state index is -0.442. The van der Waals surface area contributed by atoms with Gasteiger partial charge >= 0.3 is 5.97 Å². The number of carbonyl (C=O) groups excluding carboxylic acids is 1. The van der Waals surface area contributed by atoms with Gasteiger partial charge < -0.3 is 9.47 Å². The van der Waals surface area contributed by atoms with Crippen molar-refractivity contribution in [2.75, 3.05) is 20.3 Å². The molecule has 0 amide bonds. The van der Waals surface area contributed by atoms with E-state index in [2.05, 4.69) is 9.73 Å². The molecule has 4 nitrogen and oxygen atoms in total. The van der Waals surface area contributed by atoms with E-state index in [4.69, 9.17) is 4.74 Å². The second-order valence-corrected chi connectivity index (χ2v) is 3.10. The molecule has 0 bridgehead atoms. The zero-order chi connectivity index (χ0) is 11.6. The Kier molecular flexibility index (Phi) is 5.88. The van der Waals surface area contributed by atoms with Crippen molar-refractivity contribution in [3.8, 4) is 0 Å². The molecule has 0 spiro atoms. The van der Waals surface area contributed by atoms with E-state index in [0.717, 1.165) is 11.8 Å². The van der Waals surface area contributed by atoms with Crippen LogP contribution in [0.3, 0.4) is 0 Å². The summed E-state index contributed by atoms with van der Waals surface area (Å²) in [5.74, 6) is -0.442. The molecule has 0 radical (unpaired) electrons. The van der Waals surface area contributed by atoms with E-state index < -0.39 is 5.97 Å². The van der Waals surface area contributed by atoms with Gasteiger partial charge in [-0.25, -0.2) is 4.79 Å². The highest BCUT2D eigenvalue weighted by atomic mass is 16.5. The van der Waals surface area contributed by atoms with E-state index in [1.54, 1.807) is 0 Å². The number of aliphatic imine (C=N–C) groups is 1. The van der Waals surface area contributed by atoms with Crippen LogP contribution >= 0.6 is 0 Å². The number of carbonyl (C=O) groups is 1. The lowest BCUT2D eigenvalue weighted by atomic mass is 10.2. The van der Waals surface area contributed by atoms with Crippen LogP contribution in [0.25, 0.3) is 0 Å². The Labute approximate surface area is 94.9 Å². The summed E-state index contributed by atoms with van der Waals surface area (Å²) in [6.07, 6.45) is 1.16. The van der Waals surface area contributed by atoms with Crippen molar-refractivity contribution in [1.82, 2.24) is 0 Å². The Bertz CT molecular complexity index is 335. The average molecular weight is 221 g/mol. The van der Waals surface area contributed by atoms with Crippen LogP contribution < -0.4 is 0 Å². The van der Waals surface area contributed by atoms with Gasteiger partial charge in [0.05, 0.1) is 26.9 Å². The largest absolute Gasteiger partial charge is 0.465 e. The lowest BCUT2D eigenvalue weighted by molar-refractivity contribution is -0.132. The highest BCUT2D eigenvalue weighted by Gasteiger charge is 1.92. The van der Waals surface area contributed by atoms with Gasteiger partial charge in [0, 0.05) is 0 Å². The minimum absolute atomic E-state index is 0.442. The lowest BCUT2D eigenvalue weighted by Crippen LogP contribution is -2.04. The summed E-state index contributed by atoms with van der Waals surface area (Å²) in [5, 5.41) is 0. The van der Waals surface area contributed by atoms with Crippen molar-refractivity contribution in [2.24, 2.45) is 4.99 Å². The molecule has 0 heterocycles. The number of benzene rings is 1. The predicted octanol–water partition coefficient (Wildman–Crippen LogP) is 1.45. The Balaban J connectivity index is 2.09. The van der Waals surface area contributed by atoms with Gasteiger partial charge in [0.2, 0.25) is 0 Å². The van der Waals surface area contributed by atoms with Crippen LogP contribution in [0.15, 0.2) is 35.3 Å². The maximum atomic E-state index is 10.7. The Morgan fingerprint density at radius 3 is 2.81 bits per heavy atom. The number of hydrogen-bond donors (Lipinski definition) is 0. The standard InChI is InChI=1S/C12H15NO3/c1-15-12(14)9-13-7-8-16-10-11-5-3-2-4-6-11/h2-6,9H,7-8,10H2,1H3. The molecule has 0 fully saturated rings. The Hall–Kier alpha value is -1.68. The van der Waals surface area contributed by atoms with Gasteiger partial charge in [-0.15, -0.1) is 0 Å². The first kappa shape index (κ1) is 12.4. The first-order chi connectivity index (χ1) is 7.83. The van der Waals surface area contributed by atoms with Crippen molar-refractivity contribution >= 4 is 12.2 Å². The molecule has 16 heavy (non-hydrogen) atoms. The maximum Gasteiger partial charge on any atom is 0.348 e. The fourth-order valence-electron chi connectivity index (χ4n) is 1.07. The number of esters is 1. The van der Waals surface area contributed by atoms with E-state index in [-0.39, 0.29) is 0 Å². The molecule has 0 atom stereocenters. The molecular weight excluding hydrogens is 206 g/mol. The van der Waals surface area contributed by atoms with Crippen LogP contribution in [0.2, 0.25) is 0 Å². The zero-order valence-electron chi connectivity index (χ0n) is 9.26. The van der Waals surface area contributed by atoms with Crippen molar-refractivity contribution in [3.63, 3.8) is 0 Å². The van der Waals surface area contributed by atoms with E-state index in [1.807, 2.05) is 30.3 Å². The van der Waals surface area contributed by atoms with Crippen molar-refractivity contribution < 1.29 is 14.3 Å². The zero-order valence-corrected chi connectivity index (χ0v) is 9.26. The summed E-state index contributed by atoms with van der Waals surface area (Å²) in [6.45, 7) is 1.51. The van der Waals surface area contributed by atoms with E-state index in [1.165, 1.54) is 7.11 Å². The second kappa shape index (κ2) is 7.59. The third-order valence-corrected chi connectivity index (χ3v) is 1.87. The Morgan fingerprint density at radius 1 is 1.38 bits per heavy atom. The first-order valence-corrected chi connectivity index (χ1v) is 5.02. The molecular formula is C12H15NO3. The number of rotatable bonds is 6. The summed E-state index contributed by atoms with van der Waals surface area (Å²) >= 11 is 0. The van der Waals surface area contributed by atoms with Crippen LogP contribution in [0.1, 0.15) is 5.56 Å². The van der Waals surface area contributed by atoms with Crippen LogP contribution in [-0.2, 0) is 20.9 Å². The highest BCUT2D eigenvalue weighted by Crippen LogP contribution is 1.99. The molecule has 4 heteroatoms. The number of hydrogen-bond acceptors (Lipinski definition) is 4. The molecule has 0 aliphatic heterocycles. The normalized spacial score (nSPS) is 10.6. The molecule has 0 saturated carbocycles. The number of methoxy groups -OCH3 is 1. The van der Waals surface area contributed by atoms with Gasteiger partial charge in [-0.2, -0.15) is 0 Å². The summed E-state index contributed by atoms with van der Waals surface area (Å²) in [4.78, 5) is 14.5. The molecule has 1 rings (SSSR count). The summed E-state index contributed by atoms with van der Waals surface area (Å²) in [6, 6.07) is 9.89. The third kappa shape index (κ3) is 5.26. The lowest BCUT2D eigenvalue weighted by Gasteiger charge is -2.01. The topological polar surface area (TPSA) is 47.9 Å². The van der Waals surface area contributed by atoms with Gasteiger partial charge in [-0.1, -0.05) is 30.3 Å². The average Bonchev–Trinajstić information content (AvgIpc) is 2.34. The fourth-order valence-corrected chi connectivity index (χ4v) is 1.07. The van der Waals surface area contributed by atoms with E-state index in [0.29, 0.717) is 19.8 Å². The molecule has 0 saturated heterocycles. The highest BCUT2D eigenvalue weighted by molar-refractivity contribution is 6.23. The smallest absolute Gasteiger partial charge is 0.348 e. The minimum Gasteiger partial charge on any atom is -0.465 e. The molecule has 0 unspecified atom stereocenters. The van der Waals surface area contributed by atoms with Gasteiger partial charge in [0.15, 0.2) is 0 Å². The monoisotopic (exact) mass is 221 g/mol. The number of ether oxygens (including phenoxy) is 2. The van der Waals surface area contributed by atoms with Crippen LogP contribution in [0, 0.1) is 0 Å². The second-order valence-electron chi connectivity index (χ2n) is 3.10. The van der Waals surface area contributed by atoms with Gasteiger partial charge in [-0.05, 0) is 5.56 Å². The van der Waals surface area contributed by atoms with Crippen molar-refractivity contribution in [3.05, 3.63) is 35.9 Å². The maximum absolute atomic E-state index is 10.7. The quantitative estimate of drug-likeness (QED) is 0.415. The molecule has 0 N–H and O–H groups in total. The summed E-state index contributed by atoms with van der Waals surface area (Å²) in [5.41, 5.74) is 1.12. The third-order valence-electron chi connectivity index (χ3n) is 1.87. The number of nitrogens with zero attached hydrogens (tertiary/aromatic N) is 1. The van der Waals surface area contributed by atoms with Crippen molar-refractivity contribution in [1.29, 1.82) is 0 Å². The van der Waals surface area contributed by atoms with Gasteiger partial charge in [-0.3, -0.25) is 4.99 Å². The molecule has 1 aromatic carbocycles. The fraction of sp³-hybridized carbons (Fsp3) is 0.333. The molecule has 0 aromatic heterocycles. The molecule has 0 aliphatic carbocycles. The van der Waals surface area contributed by atoms with E-state index >= 15 is 0 Å².